The minimum Gasteiger partial charge on any atom is -0.372 e. The van der Waals surface area contributed by atoms with Gasteiger partial charge in [-0.05, 0) is 26.7 Å². The van der Waals surface area contributed by atoms with Gasteiger partial charge < -0.3 is 10.5 Å². The molecule has 1 aromatic heterocycles. The minimum atomic E-state index is -0.366. The molecule has 1 heterocycles. The maximum Gasteiger partial charge on any atom is 0.278 e. The fourth-order valence-electron chi connectivity index (χ4n) is 2.13. The van der Waals surface area contributed by atoms with Crippen molar-refractivity contribution in [3.05, 3.63) is 33.1 Å². The third kappa shape index (κ3) is 2.49. The molecule has 0 aliphatic heterocycles. The second-order valence-electron chi connectivity index (χ2n) is 4.78. The Kier molecular flexibility index (Phi) is 3.58. The van der Waals surface area contributed by atoms with Gasteiger partial charge in [-0.1, -0.05) is 0 Å². The highest BCUT2D eigenvalue weighted by molar-refractivity contribution is 5.47. The Morgan fingerprint density at radius 1 is 1.56 bits per heavy atom. The maximum atomic E-state index is 11.0. The predicted molar refractivity (Wildman–Crippen MR) is 66.2 cm³/mol. The van der Waals surface area contributed by atoms with Crippen molar-refractivity contribution >= 4 is 5.69 Å². The Balaban J connectivity index is 2.09. The molecule has 0 saturated heterocycles. The number of rotatable bonds is 4. The average Bonchev–Trinajstić information content (AvgIpc) is 2.24. The van der Waals surface area contributed by atoms with E-state index in [1.165, 1.54) is 6.20 Å². The monoisotopic (exact) mass is 251 g/mol. The van der Waals surface area contributed by atoms with Gasteiger partial charge in [0.05, 0.1) is 28.9 Å². The molecule has 1 fully saturated rings. The first-order chi connectivity index (χ1) is 8.49. The number of nitrogens with two attached hydrogens (primary N) is 1. The van der Waals surface area contributed by atoms with Crippen molar-refractivity contribution in [2.75, 3.05) is 0 Å². The lowest BCUT2D eigenvalue weighted by Gasteiger charge is -2.32. The number of pyridine rings is 1. The lowest BCUT2D eigenvalue weighted by molar-refractivity contribution is -0.386. The van der Waals surface area contributed by atoms with Gasteiger partial charge in [0.15, 0.2) is 0 Å². The molecule has 1 aromatic rings. The lowest BCUT2D eigenvalue weighted by atomic mass is 9.90. The van der Waals surface area contributed by atoms with Crippen LogP contribution in [0.25, 0.3) is 0 Å². The van der Waals surface area contributed by atoms with E-state index < -0.39 is 0 Å². The SMILES string of the molecule is Cc1cnc(COC2CC(N)C2)c(C)c1[N+](=O)[O-]. The molecule has 1 aliphatic rings. The van der Waals surface area contributed by atoms with Crippen LogP contribution in [0.3, 0.4) is 0 Å². The van der Waals surface area contributed by atoms with E-state index in [-0.39, 0.29) is 22.8 Å². The third-order valence-corrected chi connectivity index (χ3v) is 3.35. The summed E-state index contributed by atoms with van der Waals surface area (Å²) in [4.78, 5) is 14.8. The summed E-state index contributed by atoms with van der Waals surface area (Å²) < 4.78 is 5.62. The van der Waals surface area contributed by atoms with E-state index in [9.17, 15) is 10.1 Å². The first-order valence-corrected chi connectivity index (χ1v) is 5.95. The molecule has 98 valence electrons. The molecule has 6 nitrogen and oxygen atoms in total. The van der Waals surface area contributed by atoms with E-state index in [1.807, 2.05) is 0 Å². The van der Waals surface area contributed by atoms with Crippen LogP contribution in [0.2, 0.25) is 0 Å². The van der Waals surface area contributed by atoms with Crippen molar-refractivity contribution in [3.8, 4) is 0 Å². The summed E-state index contributed by atoms with van der Waals surface area (Å²) >= 11 is 0. The Morgan fingerprint density at radius 2 is 2.22 bits per heavy atom. The molecule has 0 atom stereocenters. The fourth-order valence-corrected chi connectivity index (χ4v) is 2.13. The van der Waals surface area contributed by atoms with E-state index >= 15 is 0 Å². The van der Waals surface area contributed by atoms with Gasteiger partial charge in [0.2, 0.25) is 0 Å². The van der Waals surface area contributed by atoms with Crippen LogP contribution < -0.4 is 5.73 Å². The van der Waals surface area contributed by atoms with Crippen LogP contribution in [0, 0.1) is 24.0 Å². The molecule has 0 unspecified atom stereocenters. The van der Waals surface area contributed by atoms with Crippen molar-refractivity contribution in [1.29, 1.82) is 0 Å². The number of aryl methyl sites for hydroxylation is 1. The molecule has 18 heavy (non-hydrogen) atoms. The molecule has 0 bridgehead atoms. The van der Waals surface area contributed by atoms with Gasteiger partial charge in [0, 0.05) is 17.8 Å². The molecule has 1 aliphatic carbocycles. The standard InChI is InChI=1S/C12H17N3O3/c1-7-5-14-11(8(2)12(7)15(16)17)6-18-10-3-9(13)4-10/h5,9-10H,3-4,6,13H2,1-2H3. The van der Waals surface area contributed by atoms with Crippen molar-refractivity contribution in [1.82, 2.24) is 4.98 Å². The molecule has 0 amide bonds. The van der Waals surface area contributed by atoms with Crippen molar-refractivity contribution in [2.24, 2.45) is 5.73 Å². The van der Waals surface area contributed by atoms with Gasteiger partial charge in [-0.15, -0.1) is 0 Å². The molecule has 2 N–H and O–H groups in total. The van der Waals surface area contributed by atoms with Gasteiger partial charge >= 0.3 is 0 Å². The highest BCUT2D eigenvalue weighted by atomic mass is 16.6. The second kappa shape index (κ2) is 4.99. The van der Waals surface area contributed by atoms with Crippen LogP contribution >= 0.6 is 0 Å². The molecule has 2 rings (SSSR count). The van der Waals surface area contributed by atoms with Crippen molar-refractivity contribution in [3.63, 3.8) is 0 Å². The maximum absolute atomic E-state index is 11.0. The zero-order valence-electron chi connectivity index (χ0n) is 10.5. The van der Waals surface area contributed by atoms with Gasteiger partial charge in [0.1, 0.15) is 0 Å². The van der Waals surface area contributed by atoms with Crippen LogP contribution in [-0.4, -0.2) is 22.1 Å². The van der Waals surface area contributed by atoms with E-state index in [0.29, 0.717) is 23.4 Å². The van der Waals surface area contributed by atoms with Gasteiger partial charge in [0.25, 0.3) is 5.69 Å². The fraction of sp³-hybridized carbons (Fsp3) is 0.583. The van der Waals surface area contributed by atoms with E-state index in [2.05, 4.69) is 4.98 Å². The van der Waals surface area contributed by atoms with Crippen LogP contribution in [-0.2, 0) is 11.3 Å². The topological polar surface area (TPSA) is 91.3 Å². The van der Waals surface area contributed by atoms with Crippen LogP contribution in [0.5, 0.6) is 0 Å². The molecule has 0 radical (unpaired) electrons. The van der Waals surface area contributed by atoms with Crippen LogP contribution in [0.15, 0.2) is 6.20 Å². The number of nitrogens with zero attached hydrogens (tertiary/aromatic N) is 2. The Labute approximate surface area is 105 Å². The second-order valence-corrected chi connectivity index (χ2v) is 4.78. The van der Waals surface area contributed by atoms with Crippen molar-refractivity contribution < 1.29 is 9.66 Å². The molecule has 6 heteroatoms. The predicted octanol–water partition coefficient (Wildman–Crippen LogP) is 1.61. The normalized spacial score (nSPS) is 22.6. The van der Waals surface area contributed by atoms with Gasteiger partial charge in [-0.25, -0.2) is 0 Å². The zero-order chi connectivity index (χ0) is 13.3. The third-order valence-electron chi connectivity index (χ3n) is 3.35. The largest absolute Gasteiger partial charge is 0.372 e. The summed E-state index contributed by atoms with van der Waals surface area (Å²) in [6.07, 6.45) is 3.40. The Bertz CT molecular complexity index is 470. The summed E-state index contributed by atoms with van der Waals surface area (Å²) in [7, 11) is 0. The van der Waals surface area contributed by atoms with Crippen LogP contribution in [0.4, 0.5) is 5.69 Å². The minimum absolute atomic E-state index is 0.133. The number of aromatic nitrogens is 1. The summed E-state index contributed by atoms with van der Waals surface area (Å²) in [5.74, 6) is 0. The summed E-state index contributed by atoms with van der Waals surface area (Å²) in [5.41, 5.74) is 7.59. The van der Waals surface area contributed by atoms with E-state index in [4.69, 9.17) is 10.5 Å². The van der Waals surface area contributed by atoms with Crippen LogP contribution in [0.1, 0.15) is 29.7 Å². The highest BCUT2D eigenvalue weighted by Crippen LogP contribution is 2.26. The summed E-state index contributed by atoms with van der Waals surface area (Å²) in [6, 6.07) is 0.233. The average molecular weight is 251 g/mol. The molecule has 1 saturated carbocycles. The molecular weight excluding hydrogens is 234 g/mol. The lowest BCUT2D eigenvalue weighted by Crippen LogP contribution is -2.41. The van der Waals surface area contributed by atoms with E-state index in [1.54, 1.807) is 13.8 Å². The first-order valence-electron chi connectivity index (χ1n) is 5.95. The van der Waals surface area contributed by atoms with Gasteiger partial charge in [-0.3, -0.25) is 15.1 Å². The first kappa shape index (κ1) is 12.9. The Hall–Kier alpha value is -1.53. The quantitative estimate of drug-likeness (QED) is 0.648. The highest BCUT2D eigenvalue weighted by Gasteiger charge is 2.27. The smallest absolute Gasteiger partial charge is 0.278 e. The number of nitro groups is 1. The number of hydrogen-bond acceptors (Lipinski definition) is 5. The number of hydrogen-bond donors (Lipinski definition) is 1. The zero-order valence-corrected chi connectivity index (χ0v) is 10.5. The Morgan fingerprint density at radius 3 is 2.78 bits per heavy atom. The molecule has 0 spiro atoms. The number of ether oxygens (including phenoxy) is 1. The van der Waals surface area contributed by atoms with Crippen molar-refractivity contribution in [2.45, 2.75) is 45.4 Å². The molecular formula is C12H17N3O3. The summed E-state index contributed by atoms with van der Waals surface area (Å²) in [5, 5.41) is 11.0. The summed E-state index contributed by atoms with van der Waals surface area (Å²) in [6.45, 7) is 3.71. The molecule has 0 aromatic carbocycles. The van der Waals surface area contributed by atoms with E-state index in [0.717, 1.165) is 12.8 Å². The van der Waals surface area contributed by atoms with Gasteiger partial charge in [-0.2, -0.15) is 0 Å².